The number of anilines is 1. The molecule has 27 heteroatoms. The Hall–Kier alpha value is -9.08. The molecule has 91 heavy (non-hydrogen) atoms. The molecule has 3 fully saturated rings. The highest BCUT2D eigenvalue weighted by atomic mass is 16.5. The highest BCUT2D eigenvalue weighted by Crippen LogP contribution is 2.51. The Morgan fingerprint density at radius 2 is 1.65 bits per heavy atom. The van der Waals surface area contributed by atoms with E-state index in [1.54, 1.807) is 52.3 Å². The SMILES string of the molecule is COC(=O)[C@H](CCC(C)(C)C)NC(=O)c1ccc(Oc2cccc(OCC(=O)N(CCO)CCOC3CN(C(=O)COCc4cn(CC(=O)NCCCn5nccc5C(=O)N[C@H](C(=O)Nc5ccc(-c6c(C)n[nH]c6C)cc5)C(C5CC5)C5CC5)nn4)C3)c2)nc1. The summed E-state index contributed by atoms with van der Waals surface area (Å²) >= 11 is 0. The van der Waals surface area contributed by atoms with Crippen molar-refractivity contribution in [3.8, 4) is 28.5 Å². The van der Waals surface area contributed by atoms with Gasteiger partial charge in [0.15, 0.2) is 6.61 Å². The van der Waals surface area contributed by atoms with Crippen LogP contribution in [0.4, 0.5) is 5.69 Å². The Kier molecular flexibility index (Phi) is 22.7. The molecule has 4 aromatic heterocycles. The third kappa shape index (κ3) is 19.2. The van der Waals surface area contributed by atoms with Crippen molar-refractivity contribution < 1.29 is 62.4 Å². The van der Waals surface area contributed by atoms with E-state index in [4.69, 9.17) is 23.7 Å². The first-order valence-corrected chi connectivity index (χ1v) is 30.8. The molecule has 27 nitrogen and oxygen atoms in total. The molecule has 9 rings (SSSR count). The molecule has 6 amide bonds. The van der Waals surface area contributed by atoms with Crippen LogP contribution in [0, 0.1) is 37.0 Å². The predicted molar refractivity (Wildman–Crippen MR) is 330 cm³/mol. The maximum Gasteiger partial charge on any atom is 0.328 e. The van der Waals surface area contributed by atoms with Gasteiger partial charge in [-0.2, -0.15) is 10.2 Å². The molecular weight excluding hydrogens is 1170 g/mol. The van der Waals surface area contributed by atoms with Gasteiger partial charge in [0.1, 0.15) is 48.1 Å². The number of hydrogen-bond acceptors (Lipinski definition) is 18. The molecule has 1 saturated heterocycles. The number of aliphatic hydroxyl groups excluding tert-OH is 1. The average molecular weight is 1260 g/mol. The molecule has 2 atom stereocenters. The zero-order valence-electron chi connectivity index (χ0n) is 52.4. The number of rotatable bonds is 34. The fourth-order valence-corrected chi connectivity index (χ4v) is 10.9. The number of aromatic nitrogens is 8. The summed E-state index contributed by atoms with van der Waals surface area (Å²) in [6.07, 6.45) is 9.91. The van der Waals surface area contributed by atoms with E-state index in [2.05, 4.69) is 51.9 Å². The number of nitrogens with one attached hydrogen (secondary N) is 5. The van der Waals surface area contributed by atoms with Crippen LogP contribution in [0.1, 0.15) is 104 Å². The number of ether oxygens (including phenoxy) is 5. The first-order valence-electron chi connectivity index (χ1n) is 30.8. The summed E-state index contributed by atoms with van der Waals surface area (Å²) in [6.45, 7) is 10.8. The molecule has 486 valence electrons. The average Bonchev–Trinajstić information content (AvgIpc) is 1.72. The number of aryl methyl sites for hydroxylation is 3. The van der Waals surface area contributed by atoms with Crippen LogP contribution >= 0.6 is 0 Å². The van der Waals surface area contributed by atoms with Crippen LogP contribution in [0.25, 0.3) is 11.1 Å². The lowest BCUT2D eigenvalue weighted by atomic mass is 9.88. The van der Waals surface area contributed by atoms with Crippen LogP contribution in [0.3, 0.4) is 0 Å². The molecule has 1 aliphatic heterocycles. The van der Waals surface area contributed by atoms with E-state index in [1.807, 2.05) is 58.9 Å². The van der Waals surface area contributed by atoms with Crippen molar-refractivity contribution >= 4 is 47.1 Å². The van der Waals surface area contributed by atoms with Gasteiger partial charge in [-0.3, -0.25) is 38.5 Å². The standard InChI is InChI=1S/C64H82N14O13/c1-40-57(41(2)72-71-40)42-15-18-46(19-16-42)68-62(85)59(58(43-11-12-43)44-13-14-44)70-61(84)52-22-25-67-78(52)26-8-24-65-53(80)36-77-33-47(73-74-77)37-88-38-55(81)76-34-50(35-76)89-30-28-75(27-29-79)56(82)39-90-48-9-7-10-49(31-48)91-54-20-17-45(32-66-54)60(83)69-51(63(86)87-6)21-23-64(3,4)5/h7,9-10,15-20,22,25,31-33,43-44,50-51,58-59,79H,8,11-14,21,23-24,26-30,34-39H2,1-6H3,(H,65,80)(H,68,85)(H,69,83)(H,70,84)(H,71,72)/t51-,59-/m0/s1. The summed E-state index contributed by atoms with van der Waals surface area (Å²) in [4.78, 5) is 99.5. The summed E-state index contributed by atoms with van der Waals surface area (Å²) in [6, 6.07) is 17.4. The van der Waals surface area contributed by atoms with Crippen LogP contribution in [-0.2, 0) is 57.9 Å². The third-order valence-corrected chi connectivity index (χ3v) is 16.0. The van der Waals surface area contributed by atoms with Crippen molar-refractivity contribution in [3.63, 3.8) is 0 Å². The Morgan fingerprint density at radius 3 is 2.33 bits per heavy atom. The number of carbonyl (C=O) groups is 7. The monoisotopic (exact) mass is 1250 g/mol. The smallest absolute Gasteiger partial charge is 0.328 e. The second-order valence-corrected chi connectivity index (χ2v) is 24.4. The van der Waals surface area contributed by atoms with Gasteiger partial charge in [-0.25, -0.2) is 14.5 Å². The first-order chi connectivity index (χ1) is 43.8. The van der Waals surface area contributed by atoms with Crippen LogP contribution in [0.15, 0.2) is 85.3 Å². The largest absolute Gasteiger partial charge is 0.484 e. The molecule has 0 radical (unpaired) electrons. The highest BCUT2D eigenvalue weighted by molar-refractivity contribution is 6.01. The highest BCUT2D eigenvalue weighted by Gasteiger charge is 2.48. The number of aromatic amines is 1. The fraction of sp³-hybridized carbons (Fsp3) is 0.500. The lowest BCUT2D eigenvalue weighted by Crippen LogP contribution is -2.56. The summed E-state index contributed by atoms with van der Waals surface area (Å²) in [5.74, 6) is -0.889. The van der Waals surface area contributed by atoms with Crippen LogP contribution < -0.4 is 30.7 Å². The van der Waals surface area contributed by atoms with Crippen LogP contribution in [0.2, 0.25) is 0 Å². The second kappa shape index (κ2) is 31.1. The van der Waals surface area contributed by atoms with Gasteiger partial charge >= 0.3 is 5.97 Å². The van der Waals surface area contributed by atoms with Gasteiger partial charge < -0.3 is 59.9 Å². The lowest BCUT2D eigenvalue weighted by Gasteiger charge is -2.39. The predicted octanol–water partition coefficient (Wildman–Crippen LogP) is 4.79. The van der Waals surface area contributed by atoms with E-state index < -0.39 is 24.0 Å². The minimum Gasteiger partial charge on any atom is -0.484 e. The number of aliphatic hydroxyl groups is 1. The second-order valence-electron chi connectivity index (χ2n) is 24.4. The topological polar surface area (TPSA) is 331 Å². The molecule has 6 aromatic rings. The van der Waals surface area contributed by atoms with Crippen molar-refractivity contribution in [1.29, 1.82) is 0 Å². The van der Waals surface area contributed by atoms with Gasteiger partial charge in [0.2, 0.25) is 23.6 Å². The normalized spacial score (nSPS) is 14.7. The Labute approximate surface area is 527 Å². The molecule has 0 unspecified atom stereocenters. The van der Waals surface area contributed by atoms with Crippen molar-refractivity contribution in [1.82, 2.24) is 65.7 Å². The molecule has 5 heterocycles. The summed E-state index contributed by atoms with van der Waals surface area (Å²) in [5, 5.41) is 41.3. The summed E-state index contributed by atoms with van der Waals surface area (Å²) in [5.41, 5.74) is 5.44. The minimum atomic E-state index is -0.809. The number of esters is 1. The Morgan fingerprint density at radius 1 is 0.890 bits per heavy atom. The number of pyridine rings is 1. The molecule has 0 bridgehead atoms. The number of likely N-dealkylation sites (tertiary alicyclic amines) is 1. The first kappa shape index (κ1) is 66.3. The number of hydrogen-bond donors (Lipinski definition) is 6. The van der Waals surface area contributed by atoms with E-state index in [9.17, 15) is 38.7 Å². The maximum absolute atomic E-state index is 14.1. The lowest BCUT2D eigenvalue weighted by molar-refractivity contribution is -0.151. The van der Waals surface area contributed by atoms with Gasteiger partial charge in [0, 0.05) is 80.7 Å². The third-order valence-electron chi connectivity index (χ3n) is 16.0. The zero-order chi connectivity index (χ0) is 64.6. The number of amides is 6. The molecule has 2 saturated carbocycles. The van der Waals surface area contributed by atoms with E-state index in [1.165, 1.54) is 35.0 Å². The van der Waals surface area contributed by atoms with Gasteiger partial charge in [-0.1, -0.05) is 44.2 Å². The van der Waals surface area contributed by atoms with Gasteiger partial charge in [0.25, 0.3) is 17.7 Å². The van der Waals surface area contributed by atoms with Crippen molar-refractivity contribution in [2.45, 2.75) is 117 Å². The Bertz CT molecular complexity index is 3420. The molecular formula is C64H82N14O13. The number of methoxy groups -OCH3 is 1. The number of nitrogens with zero attached hydrogens (tertiary/aromatic N) is 9. The van der Waals surface area contributed by atoms with Crippen molar-refractivity contribution in [2.75, 3.05) is 71.6 Å². The maximum atomic E-state index is 14.1. The van der Waals surface area contributed by atoms with Crippen LogP contribution in [0.5, 0.6) is 17.4 Å². The van der Waals surface area contributed by atoms with E-state index in [0.29, 0.717) is 85.9 Å². The molecule has 3 aliphatic rings. The number of benzene rings is 2. The fourth-order valence-electron chi connectivity index (χ4n) is 10.9. The van der Waals surface area contributed by atoms with E-state index in [-0.39, 0.29) is 111 Å². The van der Waals surface area contributed by atoms with Gasteiger partial charge in [-0.15, -0.1) is 5.10 Å². The Balaban J connectivity index is 0.630. The van der Waals surface area contributed by atoms with E-state index >= 15 is 0 Å². The molecule has 2 aliphatic carbocycles. The summed E-state index contributed by atoms with van der Waals surface area (Å²) in [7, 11) is 1.28. The molecule has 6 N–H and O–H groups in total. The summed E-state index contributed by atoms with van der Waals surface area (Å²) < 4.78 is 31.1. The van der Waals surface area contributed by atoms with Crippen LogP contribution in [-0.4, -0.2) is 181 Å². The van der Waals surface area contributed by atoms with Gasteiger partial charge in [0.05, 0.1) is 50.5 Å². The number of H-pyrrole nitrogens is 1. The zero-order valence-corrected chi connectivity index (χ0v) is 52.4. The molecule has 0 spiro atoms. The van der Waals surface area contributed by atoms with E-state index in [0.717, 1.165) is 48.2 Å². The van der Waals surface area contributed by atoms with Crippen molar-refractivity contribution in [2.24, 2.45) is 23.2 Å². The minimum absolute atomic E-state index is 0.0117. The van der Waals surface area contributed by atoms with Gasteiger partial charge in [-0.05, 0) is 124 Å². The quantitative estimate of drug-likeness (QED) is 0.0234. The molecule has 2 aromatic carbocycles. The van der Waals surface area contributed by atoms with Crippen molar-refractivity contribution in [3.05, 3.63) is 114 Å². The number of carbonyl (C=O) groups excluding carboxylic acids is 7.